The first-order chi connectivity index (χ1) is 21.9. The van der Waals surface area contributed by atoms with Gasteiger partial charge < -0.3 is 15.0 Å². The number of fused-ring (bicyclic) bond motifs is 2. The molecule has 0 aliphatic carbocycles. The molecule has 1 aromatic heterocycles. The van der Waals surface area contributed by atoms with E-state index in [-0.39, 0.29) is 12.2 Å². The van der Waals surface area contributed by atoms with E-state index in [1.54, 1.807) is 24.3 Å². The maximum atomic E-state index is 14.0. The lowest BCUT2D eigenvalue weighted by atomic mass is 9.83. The number of alkyl halides is 3. The summed E-state index contributed by atoms with van der Waals surface area (Å²) in [5, 5.41) is 2.08. The van der Waals surface area contributed by atoms with Crippen LogP contribution in [0.5, 0.6) is 5.75 Å². The van der Waals surface area contributed by atoms with Gasteiger partial charge in [-0.25, -0.2) is 4.90 Å². The minimum absolute atomic E-state index is 0.179. The highest BCUT2D eigenvalue weighted by atomic mass is 32.2. The van der Waals surface area contributed by atoms with Gasteiger partial charge in [0, 0.05) is 36.3 Å². The van der Waals surface area contributed by atoms with Gasteiger partial charge in [-0.1, -0.05) is 41.3 Å². The van der Waals surface area contributed by atoms with Crippen LogP contribution in [0.15, 0.2) is 82.6 Å². The van der Waals surface area contributed by atoms with Crippen LogP contribution in [0.1, 0.15) is 21.9 Å². The quantitative estimate of drug-likeness (QED) is 0.262. The summed E-state index contributed by atoms with van der Waals surface area (Å²) in [7, 11) is 5.26. The molecule has 0 radical (unpaired) electrons. The van der Waals surface area contributed by atoms with Crippen molar-refractivity contribution in [1.82, 2.24) is 4.57 Å². The molecule has 1 fully saturated rings. The maximum absolute atomic E-state index is 14.0. The molecule has 0 bridgehead atoms. The molecule has 2 aliphatic heterocycles. The van der Waals surface area contributed by atoms with E-state index in [1.165, 1.54) is 17.7 Å². The zero-order chi connectivity index (χ0) is 32.9. The fourth-order valence-corrected chi connectivity index (χ4v) is 8.46. The fourth-order valence-electron chi connectivity index (χ4n) is 5.69. The van der Waals surface area contributed by atoms with E-state index in [4.69, 9.17) is 4.74 Å². The van der Waals surface area contributed by atoms with E-state index in [0.29, 0.717) is 26.9 Å². The Morgan fingerprint density at radius 3 is 2.30 bits per heavy atom. The third kappa shape index (κ3) is 5.66. The van der Waals surface area contributed by atoms with E-state index in [2.05, 4.69) is 5.32 Å². The van der Waals surface area contributed by atoms with Gasteiger partial charge in [-0.05, 0) is 60.2 Å². The van der Waals surface area contributed by atoms with Crippen LogP contribution < -0.4 is 24.7 Å². The number of hydrogen-bond acceptors (Lipinski definition) is 8. The number of amides is 3. The van der Waals surface area contributed by atoms with E-state index < -0.39 is 51.4 Å². The number of methoxy groups -OCH3 is 1. The summed E-state index contributed by atoms with van der Waals surface area (Å²) in [6.07, 6.45) is -4.67. The van der Waals surface area contributed by atoms with Crippen LogP contribution in [0.25, 0.3) is 0 Å². The van der Waals surface area contributed by atoms with Crippen LogP contribution in [0.3, 0.4) is 0 Å². The largest absolute Gasteiger partial charge is 0.497 e. The molecule has 3 heterocycles. The van der Waals surface area contributed by atoms with E-state index in [9.17, 15) is 32.3 Å². The second-order valence-electron chi connectivity index (χ2n) is 11.0. The van der Waals surface area contributed by atoms with Crippen molar-refractivity contribution in [3.8, 4) is 5.75 Å². The molecule has 3 unspecified atom stereocenters. The second kappa shape index (κ2) is 12.0. The highest BCUT2D eigenvalue weighted by Gasteiger charge is 2.57. The first-order valence-electron chi connectivity index (χ1n) is 14.0. The van der Waals surface area contributed by atoms with Crippen molar-refractivity contribution in [3.05, 3.63) is 98.5 Å². The molecule has 0 saturated carbocycles. The van der Waals surface area contributed by atoms with Crippen LogP contribution >= 0.6 is 23.1 Å². The van der Waals surface area contributed by atoms with Crippen molar-refractivity contribution in [2.24, 2.45) is 5.92 Å². The number of carbonyl (C=O) groups excluding carboxylic acids is 3. The predicted molar refractivity (Wildman–Crippen MR) is 170 cm³/mol. The van der Waals surface area contributed by atoms with Gasteiger partial charge in [0.1, 0.15) is 17.5 Å². The molecule has 9 nitrogen and oxygen atoms in total. The Bertz CT molecular complexity index is 1890. The normalized spacial score (nSPS) is 19.1. The van der Waals surface area contributed by atoms with Crippen molar-refractivity contribution < 1.29 is 32.3 Å². The molecule has 4 aromatic rings. The zero-order valence-electron chi connectivity index (χ0n) is 24.7. The summed E-state index contributed by atoms with van der Waals surface area (Å²) < 4.78 is 47.1. The number of nitrogens with zero attached hydrogens (tertiary/aromatic N) is 3. The minimum Gasteiger partial charge on any atom is -0.497 e. The Balaban J connectivity index is 1.40. The van der Waals surface area contributed by atoms with E-state index in [1.807, 2.05) is 43.3 Å². The number of imide groups is 1. The van der Waals surface area contributed by atoms with Crippen molar-refractivity contribution >= 4 is 57.9 Å². The number of benzene rings is 3. The van der Waals surface area contributed by atoms with Gasteiger partial charge in [-0.2, -0.15) is 13.2 Å². The Morgan fingerprint density at radius 1 is 0.978 bits per heavy atom. The molecule has 1 N–H and O–H groups in total. The van der Waals surface area contributed by atoms with Crippen molar-refractivity contribution in [1.29, 1.82) is 0 Å². The van der Waals surface area contributed by atoms with Crippen LogP contribution in [0, 0.1) is 5.92 Å². The lowest BCUT2D eigenvalue weighted by molar-refractivity contribution is -0.137. The predicted octanol–water partition coefficient (Wildman–Crippen LogP) is 5.44. The Labute approximate surface area is 269 Å². The molecule has 14 heteroatoms. The monoisotopic (exact) mass is 668 g/mol. The third-order valence-corrected chi connectivity index (χ3v) is 10.5. The zero-order valence-corrected chi connectivity index (χ0v) is 26.3. The molecular weight excluding hydrogens is 642 g/mol. The van der Waals surface area contributed by atoms with Crippen LogP contribution in [-0.2, 0) is 27.1 Å². The lowest BCUT2D eigenvalue weighted by Gasteiger charge is -2.31. The number of halogens is 3. The van der Waals surface area contributed by atoms with Gasteiger partial charge in [0.2, 0.25) is 17.7 Å². The molecule has 3 aromatic carbocycles. The molecule has 3 atom stereocenters. The van der Waals surface area contributed by atoms with Gasteiger partial charge in [-0.15, -0.1) is 0 Å². The Kier molecular flexibility index (Phi) is 8.19. The number of thiazole rings is 1. The van der Waals surface area contributed by atoms with Gasteiger partial charge in [0.25, 0.3) is 0 Å². The maximum Gasteiger partial charge on any atom is 0.416 e. The van der Waals surface area contributed by atoms with Crippen LogP contribution in [0.4, 0.5) is 30.2 Å². The summed E-state index contributed by atoms with van der Waals surface area (Å²) in [6, 6.07) is 18.1. The average Bonchev–Trinajstić information content (AvgIpc) is 3.47. The Morgan fingerprint density at radius 2 is 1.67 bits per heavy atom. The highest BCUT2D eigenvalue weighted by molar-refractivity contribution is 8.00. The first kappa shape index (κ1) is 31.4. The van der Waals surface area contributed by atoms with Crippen LogP contribution in [0.2, 0.25) is 0 Å². The topological polar surface area (TPSA) is 101 Å². The number of rotatable bonds is 7. The summed E-state index contributed by atoms with van der Waals surface area (Å²) in [5.74, 6) is -2.97. The molecule has 6 rings (SSSR count). The molecule has 238 valence electrons. The fraction of sp³-hybridized carbons (Fsp3) is 0.250. The molecular formula is C32H27F3N4O5S2. The lowest BCUT2D eigenvalue weighted by Crippen LogP contribution is -2.33. The number of anilines is 3. The van der Waals surface area contributed by atoms with Crippen molar-refractivity contribution in [3.63, 3.8) is 0 Å². The standard InChI is InChI=1S/C32H27F3N4O5S2/c1-37(2)20-11-7-17(8-12-20)24-25-26(29(42)39(28(25)41)21-6-4-5-18(15-21)32(33,34)35)45-30-27(24)46-31(43)38(30)16-23(40)36-19-9-13-22(44-3)14-10-19/h4-15,24-26H,16H2,1-3H3,(H,36,40). The summed E-state index contributed by atoms with van der Waals surface area (Å²) in [4.78, 5) is 57.2. The number of hydrogen-bond donors (Lipinski definition) is 1. The van der Waals surface area contributed by atoms with Gasteiger partial charge in [-0.3, -0.25) is 23.7 Å². The van der Waals surface area contributed by atoms with E-state index in [0.717, 1.165) is 51.9 Å². The molecule has 0 spiro atoms. The number of nitrogens with one attached hydrogen (secondary N) is 1. The summed E-state index contributed by atoms with van der Waals surface area (Å²) in [5.41, 5.74) is 0.861. The SMILES string of the molecule is COc1ccc(NC(=O)Cn2c3c(sc2=O)C(c2ccc(N(C)C)cc2)C2C(=O)N(c4cccc(C(F)(F)F)c4)C(=O)C2S3)cc1. The number of aromatic nitrogens is 1. The van der Waals surface area contributed by atoms with Gasteiger partial charge >= 0.3 is 11.0 Å². The molecule has 3 amide bonds. The summed E-state index contributed by atoms with van der Waals surface area (Å²) >= 11 is 1.88. The molecule has 1 saturated heterocycles. The molecule has 46 heavy (non-hydrogen) atoms. The van der Waals surface area contributed by atoms with Crippen LogP contribution in [-0.4, -0.2) is 48.7 Å². The van der Waals surface area contributed by atoms with Crippen molar-refractivity contribution in [2.75, 3.05) is 36.3 Å². The van der Waals surface area contributed by atoms with Gasteiger partial charge in [0.15, 0.2) is 0 Å². The van der Waals surface area contributed by atoms with E-state index >= 15 is 0 Å². The Hall–Kier alpha value is -4.56. The third-order valence-electron chi connectivity index (χ3n) is 7.93. The molecule has 2 aliphatic rings. The highest BCUT2D eigenvalue weighted by Crippen LogP contribution is 2.54. The number of thioether (sulfide) groups is 1. The minimum atomic E-state index is -4.67. The summed E-state index contributed by atoms with van der Waals surface area (Å²) in [6.45, 7) is -0.354. The van der Waals surface area contributed by atoms with Gasteiger partial charge in [0.05, 0.1) is 29.3 Å². The number of carbonyl (C=O) groups is 3. The number of ether oxygens (including phenoxy) is 1. The smallest absolute Gasteiger partial charge is 0.416 e. The van der Waals surface area contributed by atoms with Crippen molar-refractivity contribution in [2.45, 2.75) is 28.9 Å². The average molecular weight is 669 g/mol. The first-order valence-corrected chi connectivity index (χ1v) is 15.7. The second-order valence-corrected chi connectivity index (χ2v) is 13.1.